The third-order valence-electron chi connectivity index (χ3n) is 3.76. The minimum absolute atomic E-state index is 0.0178. The van der Waals surface area contributed by atoms with Crippen LogP contribution in [0, 0.1) is 6.92 Å². The lowest BCUT2D eigenvalue weighted by Crippen LogP contribution is -2.31. The van der Waals surface area contributed by atoms with Gasteiger partial charge in [0.2, 0.25) is 0 Å². The van der Waals surface area contributed by atoms with Gasteiger partial charge < -0.3 is 14.8 Å². The molecule has 4 nitrogen and oxygen atoms in total. The molecule has 0 unspecified atom stereocenters. The molecule has 7 heteroatoms. The normalized spacial score (nSPS) is 12.4. The molecule has 0 aromatic heterocycles. The van der Waals surface area contributed by atoms with Crippen LogP contribution in [0.5, 0.6) is 11.5 Å². The number of alkyl halides is 3. The van der Waals surface area contributed by atoms with Gasteiger partial charge in [0.15, 0.2) is 6.61 Å². The second-order valence-electron chi connectivity index (χ2n) is 5.85. The second-order valence-corrected chi connectivity index (χ2v) is 5.85. The Morgan fingerprint density at radius 1 is 1.19 bits per heavy atom. The van der Waals surface area contributed by atoms with Crippen LogP contribution in [0.3, 0.4) is 0 Å². The van der Waals surface area contributed by atoms with E-state index in [-0.39, 0.29) is 18.4 Å². The molecule has 0 radical (unpaired) electrons. The van der Waals surface area contributed by atoms with Crippen LogP contribution in [0.25, 0.3) is 0 Å². The van der Waals surface area contributed by atoms with Crippen molar-refractivity contribution in [2.24, 2.45) is 0 Å². The molecule has 26 heavy (non-hydrogen) atoms. The Morgan fingerprint density at radius 2 is 1.92 bits per heavy atom. The van der Waals surface area contributed by atoms with Crippen LogP contribution < -0.4 is 14.8 Å². The molecule has 0 spiro atoms. The highest BCUT2D eigenvalue weighted by Gasteiger charge is 2.30. The molecule has 0 bridgehead atoms. The number of methoxy groups -OCH3 is 1. The Hall–Kier alpha value is -2.70. The first-order valence-electron chi connectivity index (χ1n) is 7.94. The number of amides is 1. The lowest BCUT2D eigenvalue weighted by molar-refractivity contribution is -0.137. The van der Waals surface area contributed by atoms with E-state index in [4.69, 9.17) is 9.47 Å². The highest BCUT2D eigenvalue weighted by Crippen LogP contribution is 2.31. The zero-order valence-corrected chi connectivity index (χ0v) is 14.7. The quantitative estimate of drug-likeness (QED) is 0.829. The Labute approximate surface area is 149 Å². The van der Waals surface area contributed by atoms with Gasteiger partial charge in [-0.1, -0.05) is 23.8 Å². The van der Waals surface area contributed by atoms with Crippen molar-refractivity contribution in [3.8, 4) is 11.5 Å². The van der Waals surface area contributed by atoms with E-state index in [9.17, 15) is 18.0 Å². The van der Waals surface area contributed by atoms with E-state index in [2.05, 4.69) is 5.32 Å². The van der Waals surface area contributed by atoms with Crippen LogP contribution in [0.2, 0.25) is 0 Å². The molecule has 1 N–H and O–H groups in total. The predicted octanol–water partition coefficient (Wildman–Crippen LogP) is 4.28. The largest absolute Gasteiger partial charge is 0.496 e. The number of carbonyl (C=O) groups excluding carboxylic acids is 1. The number of carbonyl (C=O) groups is 1. The summed E-state index contributed by atoms with van der Waals surface area (Å²) in [5, 5.41) is 2.75. The number of hydrogen-bond acceptors (Lipinski definition) is 3. The molecule has 1 amide bonds. The van der Waals surface area contributed by atoms with Gasteiger partial charge in [-0.25, -0.2) is 0 Å². The average Bonchev–Trinajstić information content (AvgIpc) is 2.59. The smallest absolute Gasteiger partial charge is 0.416 e. The molecule has 2 rings (SSSR count). The molecule has 1 atom stereocenters. The molecule has 0 saturated heterocycles. The van der Waals surface area contributed by atoms with E-state index < -0.39 is 17.6 Å². The monoisotopic (exact) mass is 367 g/mol. The van der Waals surface area contributed by atoms with Gasteiger partial charge in [0.05, 0.1) is 18.7 Å². The minimum Gasteiger partial charge on any atom is -0.496 e. The van der Waals surface area contributed by atoms with Crippen LogP contribution in [0.4, 0.5) is 13.2 Å². The summed E-state index contributed by atoms with van der Waals surface area (Å²) in [5.41, 5.74) is 0.996. The molecule has 0 aliphatic rings. The number of halogens is 3. The van der Waals surface area contributed by atoms with Crippen LogP contribution in [0.15, 0.2) is 42.5 Å². The van der Waals surface area contributed by atoms with Gasteiger partial charge in [0, 0.05) is 5.56 Å². The van der Waals surface area contributed by atoms with Gasteiger partial charge >= 0.3 is 6.18 Å². The summed E-state index contributed by atoms with van der Waals surface area (Å²) in [6.45, 7) is 3.33. The molecule has 0 heterocycles. The molecule has 2 aromatic carbocycles. The van der Waals surface area contributed by atoms with Gasteiger partial charge in [-0.05, 0) is 38.1 Å². The minimum atomic E-state index is -4.46. The summed E-state index contributed by atoms with van der Waals surface area (Å²) >= 11 is 0. The number of hydrogen-bond donors (Lipinski definition) is 1. The van der Waals surface area contributed by atoms with E-state index >= 15 is 0 Å². The Morgan fingerprint density at radius 3 is 2.58 bits per heavy atom. The third kappa shape index (κ3) is 5.15. The fourth-order valence-electron chi connectivity index (χ4n) is 2.46. The zero-order chi connectivity index (χ0) is 19.3. The highest BCUT2D eigenvalue weighted by molar-refractivity contribution is 5.78. The highest BCUT2D eigenvalue weighted by atomic mass is 19.4. The topological polar surface area (TPSA) is 47.6 Å². The summed E-state index contributed by atoms with van der Waals surface area (Å²) in [7, 11) is 1.54. The van der Waals surface area contributed by atoms with E-state index in [1.165, 1.54) is 12.1 Å². The summed E-state index contributed by atoms with van der Waals surface area (Å²) in [6, 6.07) is 9.67. The fourth-order valence-corrected chi connectivity index (χ4v) is 2.46. The van der Waals surface area contributed by atoms with Crippen molar-refractivity contribution in [1.82, 2.24) is 5.32 Å². The van der Waals surface area contributed by atoms with Crippen molar-refractivity contribution >= 4 is 5.91 Å². The van der Waals surface area contributed by atoms with Crippen molar-refractivity contribution in [2.75, 3.05) is 13.7 Å². The Bertz CT molecular complexity index is 775. The summed E-state index contributed by atoms with van der Waals surface area (Å²) in [6.07, 6.45) is -4.46. The lowest BCUT2D eigenvalue weighted by Gasteiger charge is -2.18. The summed E-state index contributed by atoms with van der Waals surface area (Å²) in [5.74, 6) is 0.177. The maximum atomic E-state index is 12.7. The molecule has 0 aliphatic heterocycles. The van der Waals surface area contributed by atoms with Gasteiger partial charge in [-0.3, -0.25) is 4.79 Å². The number of ether oxygens (including phenoxy) is 2. The standard InChI is InChI=1S/C19H20F3NO3/c1-12-7-8-17(25-3)16(9-12)13(2)23-18(24)11-26-15-6-4-5-14(10-15)19(20,21)22/h4-10,13H,11H2,1-3H3,(H,23,24)/t13-/m1/s1. The average molecular weight is 367 g/mol. The number of benzene rings is 2. The molecule has 2 aromatic rings. The molecule has 0 aliphatic carbocycles. The van der Waals surface area contributed by atoms with E-state index in [1.807, 2.05) is 25.1 Å². The van der Waals surface area contributed by atoms with Crippen molar-refractivity contribution in [1.29, 1.82) is 0 Å². The van der Waals surface area contributed by atoms with Crippen LogP contribution in [-0.4, -0.2) is 19.6 Å². The van der Waals surface area contributed by atoms with Gasteiger partial charge in [0.1, 0.15) is 11.5 Å². The molecular weight excluding hydrogens is 347 g/mol. The number of aryl methyl sites for hydroxylation is 1. The maximum Gasteiger partial charge on any atom is 0.416 e. The molecule has 140 valence electrons. The van der Waals surface area contributed by atoms with Gasteiger partial charge in [-0.15, -0.1) is 0 Å². The van der Waals surface area contributed by atoms with Gasteiger partial charge in [0.25, 0.3) is 5.91 Å². The van der Waals surface area contributed by atoms with Crippen LogP contribution >= 0.6 is 0 Å². The Kier molecular flexibility index (Phi) is 6.13. The maximum absolute atomic E-state index is 12.7. The van der Waals surface area contributed by atoms with E-state index in [0.29, 0.717) is 5.75 Å². The van der Waals surface area contributed by atoms with Crippen molar-refractivity contribution in [2.45, 2.75) is 26.1 Å². The SMILES string of the molecule is COc1ccc(C)cc1[C@@H](C)NC(=O)COc1cccc(C(F)(F)F)c1. The van der Waals surface area contributed by atoms with Crippen molar-refractivity contribution in [3.63, 3.8) is 0 Å². The third-order valence-corrected chi connectivity index (χ3v) is 3.76. The van der Waals surface area contributed by atoms with Crippen LogP contribution in [0.1, 0.15) is 29.7 Å². The zero-order valence-electron chi connectivity index (χ0n) is 14.7. The Balaban J connectivity index is 1.98. The molecule has 0 saturated carbocycles. The van der Waals surface area contributed by atoms with Crippen molar-refractivity contribution < 1.29 is 27.4 Å². The molecular formula is C19H20F3NO3. The number of rotatable bonds is 6. The second kappa shape index (κ2) is 8.12. The predicted molar refractivity (Wildman–Crippen MR) is 91.2 cm³/mol. The van der Waals surface area contributed by atoms with Crippen LogP contribution in [-0.2, 0) is 11.0 Å². The fraction of sp³-hybridized carbons (Fsp3) is 0.316. The van der Waals surface area contributed by atoms with Crippen molar-refractivity contribution in [3.05, 3.63) is 59.2 Å². The van der Waals surface area contributed by atoms with E-state index in [0.717, 1.165) is 23.3 Å². The van der Waals surface area contributed by atoms with E-state index in [1.54, 1.807) is 14.0 Å². The van der Waals surface area contributed by atoms with Gasteiger partial charge in [-0.2, -0.15) is 13.2 Å². The summed E-state index contributed by atoms with van der Waals surface area (Å²) < 4.78 is 48.5. The lowest BCUT2D eigenvalue weighted by atomic mass is 10.0. The first kappa shape index (κ1) is 19.6. The summed E-state index contributed by atoms with van der Waals surface area (Å²) in [4.78, 5) is 12.1. The first-order valence-corrected chi connectivity index (χ1v) is 7.94. The molecule has 0 fully saturated rings. The number of nitrogens with one attached hydrogen (secondary N) is 1. The first-order chi connectivity index (χ1) is 12.2.